The Labute approximate surface area is 137 Å². The lowest BCUT2D eigenvalue weighted by atomic mass is 10.0. The van der Waals surface area contributed by atoms with Gasteiger partial charge in [-0.3, -0.25) is 4.79 Å². The number of nitrogens with one attached hydrogen (secondary N) is 2. The van der Waals surface area contributed by atoms with Crippen molar-refractivity contribution in [2.75, 3.05) is 33.6 Å². The highest BCUT2D eigenvalue weighted by Crippen LogP contribution is 2.21. The van der Waals surface area contributed by atoms with Gasteiger partial charge in [-0.1, -0.05) is 12.1 Å². The van der Waals surface area contributed by atoms with Gasteiger partial charge in [0.05, 0.1) is 19.4 Å². The molecule has 0 aliphatic carbocycles. The minimum atomic E-state index is -3.44. The predicted molar refractivity (Wildman–Crippen MR) is 87.8 cm³/mol. The fourth-order valence-electron chi connectivity index (χ4n) is 2.02. The average molecular weight is 344 g/mol. The molecular formula is C15H24N2O5S. The average Bonchev–Trinajstić information content (AvgIpc) is 2.50. The second-order valence-corrected chi connectivity index (χ2v) is 6.90. The summed E-state index contributed by atoms with van der Waals surface area (Å²) in [6.45, 7) is 1.05. The summed E-state index contributed by atoms with van der Waals surface area (Å²) < 4.78 is 35.5. The first kappa shape index (κ1) is 19.4. The minimum Gasteiger partial charge on any atom is -0.497 e. The molecule has 1 aromatic carbocycles. The smallest absolute Gasteiger partial charge is 0.221 e. The number of ether oxygens (including phenoxy) is 2. The number of benzene rings is 1. The summed E-state index contributed by atoms with van der Waals surface area (Å²) in [4.78, 5) is 12.0. The van der Waals surface area contributed by atoms with Crippen LogP contribution in [0.25, 0.3) is 0 Å². The maximum absolute atomic E-state index is 12.0. The lowest BCUT2D eigenvalue weighted by Gasteiger charge is -2.18. The number of rotatable bonds is 10. The van der Waals surface area contributed by atoms with Gasteiger partial charge in [0.15, 0.2) is 0 Å². The number of carbonyl (C=O) groups excluding carboxylic acids is 1. The third-order valence-corrected chi connectivity index (χ3v) is 3.82. The van der Waals surface area contributed by atoms with Crippen LogP contribution in [0.1, 0.15) is 24.4 Å². The van der Waals surface area contributed by atoms with Crippen molar-refractivity contribution in [1.29, 1.82) is 0 Å². The molecule has 1 atom stereocenters. The molecule has 23 heavy (non-hydrogen) atoms. The normalized spacial score (nSPS) is 12.7. The van der Waals surface area contributed by atoms with Crippen molar-refractivity contribution in [2.45, 2.75) is 18.9 Å². The molecule has 1 rings (SSSR count). The molecule has 0 fully saturated rings. The summed E-state index contributed by atoms with van der Waals surface area (Å²) in [6, 6.07) is 6.30. The van der Waals surface area contributed by atoms with Gasteiger partial charge in [-0.05, 0) is 24.1 Å². The molecule has 0 unspecified atom stereocenters. The Balaban J connectivity index is 2.73. The molecule has 1 amide bonds. The van der Waals surface area contributed by atoms with Crippen LogP contribution in [0.15, 0.2) is 24.3 Å². The maximum Gasteiger partial charge on any atom is 0.221 e. The fourth-order valence-corrected chi connectivity index (χ4v) is 2.76. The molecule has 0 saturated carbocycles. The van der Waals surface area contributed by atoms with Crippen LogP contribution in [0, 0.1) is 0 Å². The van der Waals surface area contributed by atoms with Crippen molar-refractivity contribution >= 4 is 15.9 Å². The molecule has 1 aromatic rings. The second-order valence-electron chi connectivity index (χ2n) is 5.12. The van der Waals surface area contributed by atoms with Crippen LogP contribution in [0.2, 0.25) is 0 Å². The first-order valence-electron chi connectivity index (χ1n) is 7.22. The number of hydrogen-bond acceptors (Lipinski definition) is 5. The van der Waals surface area contributed by atoms with E-state index in [0.717, 1.165) is 6.26 Å². The minimum absolute atomic E-state index is 0.0202. The lowest BCUT2D eigenvalue weighted by Crippen LogP contribution is -2.33. The van der Waals surface area contributed by atoms with Gasteiger partial charge in [-0.15, -0.1) is 0 Å². The Bertz CT molecular complexity index is 586. The molecule has 0 bridgehead atoms. The first-order valence-corrected chi connectivity index (χ1v) is 9.11. The SMILES string of the molecule is COCCCNC(=O)C[C@@H](NS(C)(=O)=O)c1ccc(OC)cc1. The summed E-state index contributed by atoms with van der Waals surface area (Å²) in [5, 5.41) is 2.75. The summed E-state index contributed by atoms with van der Waals surface area (Å²) in [6.07, 6.45) is 1.79. The van der Waals surface area contributed by atoms with Crippen LogP contribution in [0.5, 0.6) is 5.75 Å². The highest BCUT2D eigenvalue weighted by Gasteiger charge is 2.19. The quantitative estimate of drug-likeness (QED) is 0.613. The first-order chi connectivity index (χ1) is 10.9. The summed E-state index contributed by atoms with van der Waals surface area (Å²) >= 11 is 0. The molecule has 8 heteroatoms. The van der Waals surface area contributed by atoms with Gasteiger partial charge >= 0.3 is 0 Å². The van der Waals surface area contributed by atoms with Crippen molar-refractivity contribution in [3.8, 4) is 5.75 Å². The zero-order valence-electron chi connectivity index (χ0n) is 13.7. The highest BCUT2D eigenvalue weighted by molar-refractivity contribution is 7.88. The predicted octanol–water partition coefficient (Wildman–Crippen LogP) is 0.828. The van der Waals surface area contributed by atoms with E-state index in [1.54, 1.807) is 38.5 Å². The number of methoxy groups -OCH3 is 2. The topological polar surface area (TPSA) is 93.7 Å². The van der Waals surface area contributed by atoms with Gasteiger partial charge in [0.2, 0.25) is 15.9 Å². The van der Waals surface area contributed by atoms with E-state index in [1.165, 1.54) is 0 Å². The number of hydrogen-bond donors (Lipinski definition) is 2. The fraction of sp³-hybridized carbons (Fsp3) is 0.533. The third kappa shape index (κ3) is 7.96. The van der Waals surface area contributed by atoms with Crippen molar-refractivity contribution in [3.63, 3.8) is 0 Å². The van der Waals surface area contributed by atoms with Crippen LogP contribution in [0.3, 0.4) is 0 Å². The third-order valence-electron chi connectivity index (χ3n) is 3.11. The Morgan fingerprint density at radius 1 is 1.22 bits per heavy atom. The zero-order valence-corrected chi connectivity index (χ0v) is 14.5. The molecule has 0 spiro atoms. The van der Waals surface area contributed by atoms with Crippen molar-refractivity contribution < 1.29 is 22.7 Å². The monoisotopic (exact) mass is 344 g/mol. The van der Waals surface area contributed by atoms with E-state index in [1.807, 2.05) is 0 Å². The molecule has 0 aromatic heterocycles. The molecule has 0 saturated heterocycles. The summed E-state index contributed by atoms with van der Waals surface area (Å²) in [5.41, 5.74) is 0.697. The Morgan fingerprint density at radius 2 is 1.87 bits per heavy atom. The highest BCUT2D eigenvalue weighted by atomic mass is 32.2. The van der Waals surface area contributed by atoms with Crippen molar-refractivity contribution in [2.24, 2.45) is 0 Å². The molecule has 130 valence electrons. The summed E-state index contributed by atoms with van der Waals surface area (Å²) in [5.74, 6) is 0.439. The van der Waals surface area contributed by atoms with Crippen molar-refractivity contribution in [1.82, 2.24) is 10.0 Å². The largest absolute Gasteiger partial charge is 0.497 e. The number of amides is 1. The Hall–Kier alpha value is -1.64. The van der Waals surface area contributed by atoms with Gasteiger partial charge in [-0.2, -0.15) is 0 Å². The lowest BCUT2D eigenvalue weighted by molar-refractivity contribution is -0.121. The molecule has 0 aliphatic heterocycles. The molecule has 7 nitrogen and oxygen atoms in total. The molecular weight excluding hydrogens is 320 g/mol. The molecule has 0 radical (unpaired) electrons. The van der Waals surface area contributed by atoms with E-state index in [0.29, 0.717) is 30.9 Å². The zero-order chi connectivity index (χ0) is 17.3. The van der Waals surface area contributed by atoms with E-state index >= 15 is 0 Å². The Kier molecular flexibility index (Phi) is 8.01. The van der Waals surface area contributed by atoms with E-state index < -0.39 is 16.1 Å². The van der Waals surface area contributed by atoms with E-state index in [9.17, 15) is 13.2 Å². The van der Waals surface area contributed by atoms with Gasteiger partial charge in [-0.25, -0.2) is 13.1 Å². The molecule has 0 heterocycles. The standard InChI is InChI=1S/C15H24N2O5S/c1-21-10-4-9-16-15(18)11-14(17-23(3,19)20)12-5-7-13(22-2)8-6-12/h5-8,14,17H,4,9-11H2,1-3H3,(H,16,18)/t14-/m1/s1. The Morgan fingerprint density at radius 3 is 2.39 bits per heavy atom. The van der Waals surface area contributed by atoms with Gasteiger partial charge in [0.25, 0.3) is 0 Å². The second kappa shape index (κ2) is 9.49. The molecule has 2 N–H and O–H groups in total. The van der Waals surface area contributed by atoms with E-state index in [2.05, 4.69) is 10.0 Å². The van der Waals surface area contributed by atoms with E-state index in [4.69, 9.17) is 9.47 Å². The van der Waals surface area contributed by atoms with Gasteiger partial charge < -0.3 is 14.8 Å². The maximum atomic E-state index is 12.0. The van der Waals surface area contributed by atoms with Crippen LogP contribution in [-0.4, -0.2) is 48.0 Å². The summed E-state index contributed by atoms with van der Waals surface area (Å²) in [7, 11) is -0.298. The van der Waals surface area contributed by atoms with Crippen molar-refractivity contribution in [3.05, 3.63) is 29.8 Å². The van der Waals surface area contributed by atoms with Crippen LogP contribution < -0.4 is 14.8 Å². The van der Waals surface area contributed by atoms with Gasteiger partial charge in [0, 0.05) is 26.7 Å². The van der Waals surface area contributed by atoms with E-state index in [-0.39, 0.29) is 12.3 Å². The number of carbonyl (C=O) groups is 1. The van der Waals surface area contributed by atoms with Gasteiger partial charge in [0.1, 0.15) is 5.75 Å². The number of sulfonamides is 1. The molecule has 0 aliphatic rings. The van der Waals surface area contributed by atoms with Crippen LogP contribution in [-0.2, 0) is 19.6 Å². The van der Waals surface area contributed by atoms with Crippen LogP contribution in [0.4, 0.5) is 0 Å². The van der Waals surface area contributed by atoms with Crippen LogP contribution >= 0.6 is 0 Å².